The molecule has 0 fully saturated rings. The van der Waals surface area contributed by atoms with E-state index in [2.05, 4.69) is 26.2 Å². The zero-order chi connectivity index (χ0) is 15.7. The smallest absolute Gasteiger partial charge is 0.423 e. The van der Waals surface area contributed by atoms with Crippen LogP contribution in [0.15, 0.2) is 53.1 Å². The van der Waals surface area contributed by atoms with Crippen LogP contribution in [0.25, 0.3) is 16.9 Å². The predicted molar refractivity (Wildman–Crippen MR) is 89.1 cm³/mol. The lowest BCUT2D eigenvalue weighted by Crippen LogP contribution is -2.29. The summed E-state index contributed by atoms with van der Waals surface area (Å²) in [5, 5.41) is 26.5. The van der Waals surface area contributed by atoms with Gasteiger partial charge < -0.3 is 10.0 Å². The second-order valence-corrected chi connectivity index (χ2v) is 5.83. The van der Waals surface area contributed by atoms with Crippen molar-refractivity contribution in [2.24, 2.45) is 0 Å². The molecule has 0 bridgehead atoms. The van der Waals surface area contributed by atoms with Gasteiger partial charge in [-0.3, -0.25) is 0 Å². The Morgan fingerprint density at radius 3 is 2.45 bits per heavy atom. The van der Waals surface area contributed by atoms with Gasteiger partial charge in [0.15, 0.2) is 0 Å². The molecule has 0 radical (unpaired) electrons. The van der Waals surface area contributed by atoms with Crippen LogP contribution < -0.4 is 5.46 Å². The molecule has 0 atom stereocenters. The standard InChI is InChI=1S/C15H13BBrN3O2/c1-10-8-13(6-7-14(10)17)20-9-15(18-19-20)11-2-4-12(5-3-11)16(21)22/h2-9,21-22H,1H3. The van der Waals surface area contributed by atoms with Crippen molar-refractivity contribution in [1.82, 2.24) is 15.0 Å². The summed E-state index contributed by atoms with van der Waals surface area (Å²) in [5.41, 5.74) is 4.08. The van der Waals surface area contributed by atoms with Gasteiger partial charge in [0.2, 0.25) is 0 Å². The Labute approximate surface area is 136 Å². The van der Waals surface area contributed by atoms with Crippen LogP contribution in [0.3, 0.4) is 0 Å². The van der Waals surface area contributed by atoms with E-state index in [1.807, 2.05) is 31.3 Å². The van der Waals surface area contributed by atoms with Crippen LogP contribution in [0.4, 0.5) is 0 Å². The van der Waals surface area contributed by atoms with Gasteiger partial charge in [-0.2, -0.15) is 0 Å². The number of hydrogen-bond acceptors (Lipinski definition) is 4. The van der Waals surface area contributed by atoms with Gasteiger partial charge in [-0.1, -0.05) is 45.4 Å². The fourth-order valence-corrected chi connectivity index (χ4v) is 2.37. The van der Waals surface area contributed by atoms with Crippen molar-refractivity contribution < 1.29 is 10.0 Å². The Hall–Kier alpha value is -1.96. The van der Waals surface area contributed by atoms with Gasteiger partial charge >= 0.3 is 7.12 Å². The fraction of sp³-hybridized carbons (Fsp3) is 0.0667. The third kappa shape index (κ3) is 2.97. The highest BCUT2D eigenvalue weighted by Gasteiger charge is 2.11. The molecule has 0 aliphatic rings. The molecule has 0 aliphatic carbocycles. The Balaban J connectivity index is 1.91. The lowest BCUT2D eigenvalue weighted by molar-refractivity contribution is 0.426. The highest BCUT2D eigenvalue weighted by molar-refractivity contribution is 9.10. The van der Waals surface area contributed by atoms with E-state index in [-0.39, 0.29) is 0 Å². The number of halogens is 1. The molecular formula is C15H13BBrN3O2. The van der Waals surface area contributed by atoms with Crippen LogP contribution in [0.5, 0.6) is 0 Å². The average molecular weight is 358 g/mol. The Morgan fingerprint density at radius 1 is 1.09 bits per heavy atom. The van der Waals surface area contributed by atoms with Gasteiger partial charge in [-0.25, -0.2) is 4.68 Å². The maximum Gasteiger partial charge on any atom is 0.488 e. The van der Waals surface area contributed by atoms with Crippen molar-refractivity contribution in [1.29, 1.82) is 0 Å². The number of aryl methyl sites for hydroxylation is 1. The summed E-state index contributed by atoms with van der Waals surface area (Å²) in [6, 6.07) is 12.8. The van der Waals surface area contributed by atoms with Crippen molar-refractivity contribution in [3.8, 4) is 16.9 Å². The molecule has 0 saturated heterocycles. The SMILES string of the molecule is Cc1cc(-n2cc(-c3ccc(B(O)O)cc3)nn2)ccc1Br. The van der Waals surface area contributed by atoms with Gasteiger partial charge in [-0.05, 0) is 36.1 Å². The van der Waals surface area contributed by atoms with Crippen LogP contribution in [-0.2, 0) is 0 Å². The molecule has 3 aromatic rings. The van der Waals surface area contributed by atoms with E-state index in [1.54, 1.807) is 28.9 Å². The van der Waals surface area contributed by atoms with Gasteiger partial charge in [0.25, 0.3) is 0 Å². The first-order valence-electron chi connectivity index (χ1n) is 6.70. The summed E-state index contributed by atoms with van der Waals surface area (Å²) in [6.45, 7) is 2.02. The minimum absolute atomic E-state index is 0.444. The van der Waals surface area contributed by atoms with Crippen molar-refractivity contribution >= 4 is 28.5 Å². The van der Waals surface area contributed by atoms with E-state index in [9.17, 15) is 0 Å². The molecule has 2 N–H and O–H groups in total. The highest BCUT2D eigenvalue weighted by atomic mass is 79.9. The second-order valence-electron chi connectivity index (χ2n) is 4.98. The van der Waals surface area contributed by atoms with E-state index in [4.69, 9.17) is 10.0 Å². The predicted octanol–water partition coefficient (Wildman–Crippen LogP) is 1.69. The molecule has 0 unspecified atom stereocenters. The van der Waals surface area contributed by atoms with Gasteiger partial charge in [0.1, 0.15) is 5.69 Å². The number of aromatic nitrogens is 3. The summed E-state index contributed by atoms with van der Waals surface area (Å²) in [5.74, 6) is 0. The average Bonchev–Trinajstić information content (AvgIpc) is 3.00. The van der Waals surface area contributed by atoms with E-state index >= 15 is 0 Å². The second kappa shape index (κ2) is 6.04. The molecule has 0 saturated carbocycles. The fourth-order valence-electron chi connectivity index (χ4n) is 2.12. The maximum absolute atomic E-state index is 9.11. The molecule has 7 heteroatoms. The van der Waals surface area contributed by atoms with Crippen molar-refractivity contribution in [3.05, 3.63) is 58.7 Å². The zero-order valence-electron chi connectivity index (χ0n) is 11.8. The molecule has 22 heavy (non-hydrogen) atoms. The Kier molecular flexibility index (Phi) is 4.11. The van der Waals surface area contributed by atoms with Gasteiger partial charge in [0, 0.05) is 10.0 Å². The molecule has 5 nitrogen and oxygen atoms in total. The molecule has 1 aromatic heterocycles. The first kappa shape index (κ1) is 15.0. The first-order valence-corrected chi connectivity index (χ1v) is 7.49. The lowest BCUT2D eigenvalue weighted by atomic mass is 9.80. The summed E-state index contributed by atoms with van der Waals surface area (Å²) < 4.78 is 2.76. The summed E-state index contributed by atoms with van der Waals surface area (Å²) >= 11 is 3.48. The Bertz CT molecular complexity index is 803. The molecule has 0 aliphatic heterocycles. The third-order valence-corrected chi connectivity index (χ3v) is 4.29. The van der Waals surface area contributed by atoms with Gasteiger partial charge in [0.05, 0.1) is 11.9 Å². The lowest BCUT2D eigenvalue weighted by Gasteiger charge is -2.03. The van der Waals surface area contributed by atoms with Crippen molar-refractivity contribution in [3.63, 3.8) is 0 Å². The highest BCUT2D eigenvalue weighted by Crippen LogP contribution is 2.21. The van der Waals surface area contributed by atoms with Crippen LogP contribution >= 0.6 is 15.9 Å². The summed E-state index contributed by atoms with van der Waals surface area (Å²) in [6.07, 6.45) is 1.84. The number of nitrogens with zero attached hydrogens (tertiary/aromatic N) is 3. The van der Waals surface area contributed by atoms with E-state index < -0.39 is 7.12 Å². The van der Waals surface area contributed by atoms with Crippen molar-refractivity contribution in [2.45, 2.75) is 6.92 Å². The normalized spacial score (nSPS) is 10.7. The monoisotopic (exact) mass is 357 g/mol. The van der Waals surface area contributed by atoms with Crippen LogP contribution in [0.2, 0.25) is 0 Å². The quantitative estimate of drug-likeness (QED) is 0.700. The number of rotatable bonds is 3. The van der Waals surface area contributed by atoms with E-state index in [1.165, 1.54) is 0 Å². The molecule has 2 aromatic carbocycles. The Morgan fingerprint density at radius 2 is 1.82 bits per heavy atom. The molecule has 3 rings (SSSR count). The first-order chi connectivity index (χ1) is 10.5. The minimum Gasteiger partial charge on any atom is -0.423 e. The molecular weight excluding hydrogens is 345 g/mol. The summed E-state index contributed by atoms with van der Waals surface area (Å²) in [7, 11) is -1.46. The molecule has 0 amide bonds. The van der Waals surface area contributed by atoms with Crippen LogP contribution in [0.1, 0.15) is 5.56 Å². The van der Waals surface area contributed by atoms with E-state index in [0.29, 0.717) is 5.46 Å². The minimum atomic E-state index is -1.46. The van der Waals surface area contributed by atoms with Gasteiger partial charge in [-0.15, -0.1) is 5.10 Å². The summed E-state index contributed by atoms with van der Waals surface area (Å²) in [4.78, 5) is 0. The largest absolute Gasteiger partial charge is 0.488 e. The van der Waals surface area contributed by atoms with E-state index in [0.717, 1.165) is 27.0 Å². The van der Waals surface area contributed by atoms with Crippen LogP contribution in [-0.4, -0.2) is 32.2 Å². The topological polar surface area (TPSA) is 71.2 Å². The molecule has 110 valence electrons. The molecule has 1 heterocycles. The third-order valence-electron chi connectivity index (χ3n) is 3.40. The number of benzene rings is 2. The van der Waals surface area contributed by atoms with Crippen molar-refractivity contribution in [2.75, 3.05) is 0 Å². The molecule has 0 spiro atoms. The van der Waals surface area contributed by atoms with Crippen LogP contribution in [0, 0.1) is 6.92 Å². The number of hydrogen-bond donors (Lipinski definition) is 2. The zero-order valence-corrected chi connectivity index (χ0v) is 13.4. The maximum atomic E-state index is 9.11.